The standard InChI is InChI=1S/C19H21N3O5/c1-11-5-6-12-13(9-11)17(25)22(16(12)24)8-7-15(23)26-10-14-20-18(21-27-14)19(2,3)4/h5-6,9H,7-8,10H2,1-4H3. The van der Waals surface area contributed by atoms with Gasteiger partial charge in [-0.2, -0.15) is 4.98 Å². The lowest BCUT2D eigenvalue weighted by Crippen LogP contribution is -2.32. The average molecular weight is 371 g/mol. The molecule has 3 rings (SSSR count). The molecule has 2 heterocycles. The molecule has 0 unspecified atom stereocenters. The van der Waals surface area contributed by atoms with Crippen molar-refractivity contribution in [1.82, 2.24) is 15.0 Å². The van der Waals surface area contributed by atoms with Gasteiger partial charge >= 0.3 is 5.97 Å². The van der Waals surface area contributed by atoms with Crippen LogP contribution >= 0.6 is 0 Å². The van der Waals surface area contributed by atoms with E-state index in [1.54, 1.807) is 18.2 Å². The van der Waals surface area contributed by atoms with Crippen LogP contribution in [0.25, 0.3) is 0 Å². The van der Waals surface area contributed by atoms with Gasteiger partial charge in [0.25, 0.3) is 17.7 Å². The molecular formula is C19H21N3O5. The minimum absolute atomic E-state index is 0.0404. The highest BCUT2D eigenvalue weighted by Gasteiger charge is 2.35. The summed E-state index contributed by atoms with van der Waals surface area (Å²) >= 11 is 0. The predicted molar refractivity (Wildman–Crippen MR) is 94.0 cm³/mol. The molecule has 8 nitrogen and oxygen atoms in total. The number of benzene rings is 1. The molecule has 0 bridgehead atoms. The number of hydrogen-bond acceptors (Lipinski definition) is 7. The maximum atomic E-state index is 12.4. The third-order valence-electron chi connectivity index (χ3n) is 4.16. The smallest absolute Gasteiger partial charge is 0.308 e. The summed E-state index contributed by atoms with van der Waals surface area (Å²) in [7, 11) is 0. The molecule has 0 saturated heterocycles. The number of nitrogens with zero attached hydrogens (tertiary/aromatic N) is 3. The van der Waals surface area contributed by atoms with Crippen molar-refractivity contribution in [2.75, 3.05) is 6.54 Å². The second-order valence-corrected chi connectivity index (χ2v) is 7.48. The van der Waals surface area contributed by atoms with Crippen molar-refractivity contribution < 1.29 is 23.6 Å². The monoisotopic (exact) mass is 371 g/mol. The fraction of sp³-hybridized carbons (Fsp3) is 0.421. The van der Waals surface area contributed by atoms with E-state index >= 15 is 0 Å². The van der Waals surface area contributed by atoms with Crippen LogP contribution in [0.1, 0.15) is 65.2 Å². The number of imide groups is 1. The van der Waals surface area contributed by atoms with Crippen molar-refractivity contribution in [1.29, 1.82) is 0 Å². The lowest BCUT2D eigenvalue weighted by Gasteiger charge is -2.12. The number of carbonyl (C=O) groups excluding carboxylic acids is 3. The van der Waals surface area contributed by atoms with Crippen LogP contribution in [0.15, 0.2) is 22.7 Å². The average Bonchev–Trinajstić information content (AvgIpc) is 3.16. The Kier molecular flexibility index (Phi) is 4.82. The molecule has 0 radical (unpaired) electrons. The predicted octanol–water partition coefficient (Wildman–Crippen LogP) is 2.41. The van der Waals surface area contributed by atoms with Gasteiger partial charge in [0, 0.05) is 12.0 Å². The molecule has 2 amide bonds. The molecule has 1 aliphatic heterocycles. The Labute approximate surface area is 156 Å². The van der Waals surface area contributed by atoms with E-state index in [1.165, 1.54) is 0 Å². The molecule has 2 aromatic rings. The van der Waals surface area contributed by atoms with Crippen molar-refractivity contribution in [3.05, 3.63) is 46.6 Å². The van der Waals surface area contributed by atoms with Crippen molar-refractivity contribution in [2.24, 2.45) is 0 Å². The summed E-state index contributed by atoms with van der Waals surface area (Å²) in [6.07, 6.45) is -0.106. The van der Waals surface area contributed by atoms with Crippen LogP contribution in [0.2, 0.25) is 0 Å². The van der Waals surface area contributed by atoms with Crippen molar-refractivity contribution in [2.45, 2.75) is 46.1 Å². The third kappa shape index (κ3) is 3.89. The third-order valence-corrected chi connectivity index (χ3v) is 4.16. The highest BCUT2D eigenvalue weighted by molar-refractivity contribution is 6.21. The Balaban J connectivity index is 1.53. The molecule has 0 fully saturated rings. The summed E-state index contributed by atoms with van der Waals surface area (Å²) in [5.74, 6) is -0.620. The van der Waals surface area contributed by atoms with E-state index in [2.05, 4.69) is 10.1 Å². The summed E-state index contributed by atoms with van der Waals surface area (Å²) in [6, 6.07) is 5.08. The van der Waals surface area contributed by atoms with Crippen LogP contribution in [0, 0.1) is 6.92 Å². The summed E-state index contributed by atoms with van der Waals surface area (Å²) in [6.45, 7) is 7.48. The molecule has 1 aromatic heterocycles. The summed E-state index contributed by atoms with van der Waals surface area (Å²) in [5.41, 5.74) is 1.36. The van der Waals surface area contributed by atoms with Crippen molar-refractivity contribution in [3.63, 3.8) is 0 Å². The van der Waals surface area contributed by atoms with Crippen LogP contribution in [0.3, 0.4) is 0 Å². The number of amides is 2. The molecule has 142 valence electrons. The Hall–Kier alpha value is -3.03. The van der Waals surface area contributed by atoms with Crippen LogP contribution in [-0.4, -0.2) is 39.4 Å². The zero-order valence-electron chi connectivity index (χ0n) is 15.7. The van der Waals surface area contributed by atoms with E-state index < -0.39 is 17.8 Å². The van der Waals surface area contributed by atoms with E-state index in [1.807, 2.05) is 27.7 Å². The van der Waals surface area contributed by atoms with Crippen molar-refractivity contribution >= 4 is 17.8 Å². The van der Waals surface area contributed by atoms with Gasteiger partial charge in [0.15, 0.2) is 12.4 Å². The molecule has 0 aliphatic carbocycles. The molecule has 8 heteroatoms. The highest BCUT2D eigenvalue weighted by Crippen LogP contribution is 2.24. The number of fused-ring (bicyclic) bond motifs is 1. The first-order valence-corrected chi connectivity index (χ1v) is 8.62. The van der Waals surface area contributed by atoms with Gasteiger partial charge in [-0.05, 0) is 19.1 Å². The van der Waals surface area contributed by atoms with Gasteiger partial charge in [-0.3, -0.25) is 19.3 Å². The first-order chi connectivity index (χ1) is 12.7. The number of rotatable bonds is 5. The number of ether oxygens (including phenoxy) is 1. The molecule has 1 aromatic carbocycles. The maximum Gasteiger partial charge on any atom is 0.308 e. The van der Waals surface area contributed by atoms with E-state index in [9.17, 15) is 14.4 Å². The molecule has 0 atom stereocenters. The highest BCUT2D eigenvalue weighted by atomic mass is 16.6. The maximum absolute atomic E-state index is 12.4. The number of aromatic nitrogens is 2. The zero-order valence-corrected chi connectivity index (χ0v) is 15.7. The molecule has 0 spiro atoms. The van der Waals surface area contributed by atoms with Crippen LogP contribution in [-0.2, 0) is 21.6 Å². The SMILES string of the molecule is Cc1ccc2c(c1)C(=O)N(CCC(=O)OCc1nc(C(C)(C)C)no1)C2=O. The lowest BCUT2D eigenvalue weighted by molar-refractivity contribution is -0.145. The number of esters is 1. The Morgan fingerprint density at radius 2 is 1.89 bits per heavy atom. The van der Waals surface area contributed by atoms with Gasteiger partial charge in [0.1, 0.15) is 0 Å². The minimum atomic E-state index is -0.557. The number of carbonyl (C=O) groups is 3. The van der Waals surface area contributed by atoms with Crippen LogP contribution in [0.5, 0.6) is 0 Å². The van der Waals surface area contributed by atoms with E-state index in [-0.39, 0.29) is 30.9 Å². The fourth-order valence-electron chi connectivity index (χ4n) is 2.64. The Bertz CT molecular complexity index is 910. The molecule has 0 saturated carbocycles. The quantitative estimate of drug-likeness (QED) is 0.587. The summed E-state index contributed by atoms with van der Waals surface area (Å²) < 4.78 is 10.1. The van der Waals surface area contributed by atoms with Gasteiger partial charge in [-0.15, -0.1) is 0 Å². The minimum Gasteiger partial charge on any atom is -0.456 e. The zero-order chi connectivity index (χ0) is 19.8. The normalized spacial score (nSPS) is 13.9. The van der Waals surface area contributed by atoms with E-state index in [0.717, 1.165) is 10.5 Å². The Morgan fingerprint density at radius 3 is 2.56 bits per heavy atom. The van der Waals surface area contributed by atoms with E-state index in [4.69, 9.17) is 9.26 Å². The number of aryl methyl sites for hydroxylation is 1. The molecular weight excluding hydrogens is 350 g/mol. The topological polar surface area (TPSA) is 103 Å². The summed E-state index contributed by atoms with van der Waals surface area (Å²) in [5, 5.41) is 3.85. The van der Waals surface area contributed by atoms with Gasteiger partial charge in [-0.25, -0.2) is 0 Å². The Morgan fingerprint density at radius 1 is 1.19 bits per heavy atom. The number of hydrogen-bond donors (Lipinski definition) is 0. The molecule has 1 aliphatic rings. The summed E-state index contributed by atoms with van der Waals surface area (Å²) in [4.78, 5) is 41.9. The first kappa shape index (κ1) is 18.8. The van der Waals surface area contributed by atoms with Crippen molar-refractivity contribution in [3.8, 4) is 0 Å². The lowest BCUT2D eigenvalue weighted by atomic mass is 9.96. The molecule has 27 heavy (non-hydrogen) atoms. The molecule has 0 N–H and O–H groups in total. The fourth-order valence-corrected chi connectivity index (χ4v) is 2.64. The largest absolute Gasteiger partial charge is 0.456 e. The van der Waals surface area contributed by atoms with Gasteiger partial charge < -0.3 is 9.26 Å². The van der Waals surface area contributed by atoms with Crippen LogP contribution in [0.4, 0.5) is 0 Å². The van der Waals surface area contributed by atoms with Crippen LogP contribution < -0.4 is 0 Å². The first-order valence-electron chi connectivity index (χ1n) is 8.62. The van der Waals surface area contributed by atoms with E-state index in [0.29, 0.717) is 17.0 Å². The second-order valence-electron chi connectivity index (χ2n) is 7.48. The van der Waals surface area contributed by atoms with Gasteiger partial charge in [-0.1, -0.05) is 37.6 Å². The van der Waals surface area contributed by atoms with Gasteiger partial charge in [0.2, 0.25) is 0 Å². The van der Waals surface area contributed by atoms with Gasteiger partial charge in [0.05, 0.1) is 17.5 Å². The second kappa shape index (κ2) is 6.94.